The first-order valence-corrected chi connectivity index (χ1v) is 7.68. The van der Waals surface area contributed by atoms with Crippen molar-refractivity contribution in [2.45, 2.75) is 26.2 Å². The molecule has 29 heavy (non-hydrogen) atoms. The van der Waals surface area contributed by atoms with Gasteiger partial charge >= 0.3 is 12.4 Å². The molecule has 0 aliphatic rings. The van der Waals surface area contributed by atoms with Gasteiger partial charge in [-0.3, -0.25) is 19.7 Å². The van der Waals surface area contributed by atoms with Crippen LogP contribution in [-0.4, -0.2) is 17.6 Å². The molecule has 1 aromatic heterocycles. The van der Waals surface area contributed by atoms with Crippen molar-refractivity contribution in [3.63, 3.8) is 0 Å². The average molecular weight is 422 g/mol. The van der Waals surface area contributed by atoms with Gasteiger partial charge in [0.2, 0.25) is 5.88 Å². The molecule has 2 amide bonds. The van der Waals surface area contributed by atoms with Gasteiger partial charge in [0.15, 0.2) is 5.78 Å². The molecule has 0 bridgehead atoms. The number of anilines is 1. The molecule has 0 fully saturated rings. The second-order valence-corrected chi connectivity index (χ2v) is 5.91. The minimum atomic E-state index is -5.16. The van der Waals surface area contributed by atoms with Gasteiger partial charge in [-0.25, -0.2) is 0 Å². The van der Waals surface area contributed by atoms with Crippen molar-refractivity contribution in [1.29, 1.82) is 0 Å². The van der Waals surface area contributed by atoms with E-state index >= 15 is 0 Å². The highest BCUT2D eigenvalue weighted by Crippen LogP contribution is 2.36. The Morgan fingerprint density at radius 1 is 0.931 bits per heavy atom. The molecule has 0 spiro atoms. The van der Waals surface area contributed by atoms with Crippen molar-refractivity contribution in [2.24, 2.45) is 5.73 Å². The first kappa shape index (κ1) is 22.0. The van der Waals surface area contributed by atoms with Gasteiger partial charge in [-0.1, -0.05) is 0 Å². The normalized spacial score (nSPS) is 12.0. The van der Waals surface area contributed by atoms with E-state index < -0.39 is 58.1 Å². The number of primary amides is 1. The highest BCUT2D eigenvalue weighted by molar-refractivity contribution is 6.13. The topological polar surface area (TPSA) is 102 Å². The first-order valence-electron chi connectivity index (χ1n) is 7.68. The molecule has 0 aliphatic carbocycles. The Balaban J connectivity index is 2.56. The van der Waals surface area contributed by atoms with E-state index in [1.54, 1.807) is 0 Å². The Bertz CT molecular complexity index is 972. The molecule has 12 heteroatoms. The Labute approximate surface area is 158 Å². The number of nitrogens with two attached hydrogens (primary N) is 1. The lowest BCUT2D eigenvalue weighted by atomic mass is 10.0. The van der Waals surface area contributed by atoms with E-state index in [0.29, 0.717) is 0 Å². The number of aryl methyl sites for hydroxylation is 1. The minimum Gasteiger partial charge on any atom is -0.444 e. The molecule has 0 atom stereocenters. The number of furan rings is 1. The van der Waals surface area contributed by atoms with Crippen molar-refractivity contribution in [1.82, 2.24) is 0 Å². The molecule has 6 nitrogen and oxygen atoms in total. The lowest BCUT2D eigenvalue weighted by Crippen LogP contribution is -2.20. The zero-order chi connectivity index (χ0) is 22.3. The van der Waals surface area contributed by atoms with E-state index in [9.17, 15) is 40.7 Å². The monoisotopic (exact) mass is 422 g/mol. The van der Waals surface area contributed by atoms with Gasteiger partial charge in [-0.15, -0.1) is 0 Å². The van der Waals surface area contributed by atoms with Gasteiger partial charge in [-0.05, 0) is 32.0 Å². The molecule has 0 saturated carbocycles. The van der Waals surface area contributed by atoms with Crippen LogP contribution in [0.25, 0.3) is 0 Å². The average Bonchev–Trinajstić information content (AvgIpc) is 2.89. The third kappa shape index (κ3) is 4.58. The van der Waals surface area contributed by atoms with Crippen LogP contribution in [0.1, 0.15) is 54.9 Å². The number of amides is 2. The van der Waals surface area contributed by atoms with Crippen molar-refractivity contribution in [3.8, 4) is 0 Å². The second-order valence-electron chi connectivity index (χ2n) is 5.91. The predicted octanol–water partition coefficient (Wildman–Crippen LogP) is 4.18. The van der Waals surface area contributed by atoms with E-state index in [0.717, 1.165) is 6.92 Å². The minimum absolute atomic E-state index is 0.123. The van der Waals surface area contributed by atoms with Gasteiger partial charge in [0, 0.05) is 5.56 Å². The number of rotatable bonds is 4. The summed E-state index contributed by atoms with van der Waals surface area (Å²) in [5, 5.41) is 1.89. The molecule has 0 saturated heterocycles. The van der Waals surface area contributed by atoms with Crippen molar-refractivity contribution in [3.05, 3.63) is 51.8 Å². The Kier molecular flexibility index (Phi) is 5.50. The number of Topliss-reactive ketones (excluding diaryl/α,β-unsaturated/α-hetero) is 1. The van der Waals surface area contributed by atoms with Crippen LogP contribution in [0.15, 0.2) is 22.6 Å². The predicted molar refractivity (Wildman–Crippen MR) is 86.4 cm³/mol. The molecule has 2 aromatic rings. The molecule has 2 rings (SSSR count). The van der Waals surface area contributed by atoms with Crippen LogP contribution in [0.5, 0.6) is 0 Å². The highest BCUT2D eigenvalue weighted by atomic mass is 19.4. The van der Waals surface area contributed by atoms with Crippen LogP contribution in [-0.2, 0) is 12.4 Å². The molecule has 0 unspecified atom stereocenters. The Morgan fingerprint density at radius 3 is 1.79 bits per heavy atom. The molecule has 0 aliphatic heterocycles. The molecule has 3 N–H and O–H groups in total. The SMILES string of the molecule is CC(=O)c1c(C)oc(NC(=O)c2cc(C(F)(F)F)cc(C(F)(F)F)c2)c1C(N)=O. The van der Waals surface area contributed by atoms with Gasteiger partial charge < -0.3 is 10.2 Å². The fourth-order valence-corrected chi connectivity index (χ4v) is 2.55. The van der Waals surface area contributed by atoms with Crippen molar-refractivity contribution in [2.75, 3.05) is 5.32 Å². The van der Waals surface area contributed by atoms with Crippen LogP contribution >= 0.6 is 0 Å². The fraction of sp³-hybridized carbons (Fsp3) is 0.235. The smallest absolute Gasteiger partial charge is 0.416 e. The number of halogens is 6. The Morgan fingerprint density at radius 2 is 1.41 bits per heavy atom. The van der Waals surface area contributed by atoms with E-state index in [2.05, 4.69) is 0 Å². The van der Waals surface area contributed by atoms with Crippen LogP contribution < -0.4 is 11.1 Å². The third-order valence-corrected chi connectivity index (χ3v) is 3.76. The van der Waals surface area contributed by atoms with Crippen LogP contribution in [0, 0.1) is 6.92 Å². The molecule has 0 radical (unpaired) electrons. The summed E-state index contributed by atoms with van der Waals surface area (Å²) in [5.74, 6) is -4.08. The number of carbonyl (C=O) groups excluding carboxylic acids is 3. The highest BCUT2D eigenvalue weighted by Gasteiger charge is 2.37. The number of hydrogen-bond acceptors (Lipinski definition) is 4. The van der Waals surface area contributed by atoms with Gasteiger partial charge in [0.05, 0.1) is 16.7 Å². The number of alkyl halides is 6. The summed E-state index contributed by atoms with van der Waals surface area (Å²) in [6.45, 7) is 2.32. The van der Waals surface area contributed by atoms with Gasteiger partial charge in [0.25, 0.3) is 11.8 Å². The molecule has 1 heterocycles. The van der Waals surface area contributed by atoms with Crippen molar-refractivity contribution < 1.29 is 45.1 Å². The largest absolute Gasteiger partial charge is 0.444 e. The number of carbonyl (C=O) groups is 3. The summed E-state index contributed by atoms with van der Waals surface area (Å²) in [6.07, 6.45) is -10.3. The number of benzene rings is 1. The maximum Gasteiger partial charge on any atom is 0.416 e. The van der Waals surface area contributed by atoms with E-state index in [1.807, 2.05) is 5.32 Å². The van der Waals surface area contributed by atoms with Crippen molar-refractivity contribution >= 4 is 23.5 Å². The lowest BCUT2D eigenvalue weighted by Gasteiger charge is -2.14. The maximum absolute atomic E-state index is 12.9. The van der Waals surface area contributed by atoms with Crippen LogP contribution in [0.2, 0.25) is 0 Å². The number of hydrogen-bond donors (Lipinski definition) is 2. The first-order chi connectivity index (χ1) is 13.1. The molecular formula is C17H12F6N2O4. The summed E-state index contributed by atoms with van der Waals surface area (Å²) in [6, 6.07) is 0.267. The van der Waals surface area contributed by atoms with Gasteiger partial charge in [-0.2, -0.15) is 26.3 Å². The second kappa shape index (κ2) is 7.26. The van der Waals surface area contributed by atoms with Crippen LogP contribution in [0.4, 0.5) is 32.2 Å². The fourth-order valence-electron chi connectivity index (χ4n) is 2.55. The zero-order valence-electron chi connectivity index (χ0n) is 14.7. The number of nitrogens with one attached hydrogen (secondary N) is 1. The van der Waals surface area contributed by atoms with E-state index in [1.165, 1.54) is 6.92 Å². The summed E-state index contributed by atoms with van der Waals surface area (Å²) in [5.41, 5.74) is -0.0784. The lowest BCUT2D eigenvalue weighted by molar-refractivity contribution is -0.143. The molecular weight excluding hydrogens is 410 g/mol. The Hall–Kier alpha value is -3.31. The summed E-state index contributed by atoms with van der Waals surface area (Å²) >= 11 is 0. The number of ketones is 1. The van der Waals surface area contributed by atoms with E-state index in [-0.39, 0.29) is 29.5 Å². The maximum atomic E-state index is 12.9. The van der Waals surface area contributed by atoms with E-state index in [4.69, 9.17) is 10.2 Å². The summed E-state index contributed by atoms with van der Waals surface area (Å²) < 4.78 is 82.6. The summed E-state index contributed by atoms with van der Waals surface area (Å²) in [7, 11) is 0. The molecule has 1 aromatic carbocycles. The van der Waals surface area contributed by atoms with Gasteiger partial charge in [0.1, 0.15) is 11.3 Å². The third-order valence-electron chi connectivity index (χ3n) is 3.76. The molecule has 156 valence electrons. The quantitative estimate of drug-likeness (QED) is 0.570. The summed E-state index contributed by atoms with van der Waals surface area (Å²) in [4.78, 5) is 35.5. The zero-order valence-corrected chi connectivity index (χ0v) is 14.7. The standard InChI is InChI=1S/C17H12F6N2O4/c1-6(26)11-7(2)29-15(12(11)13(24)27)25-14(28)8-3-9(16(18,19)20)5-10(4-8)17(21,22)23/h3-5H,1-2H3,(H2,24,27)(H,25,28). The van der Waals surface area contributed by atoms with Crippen LogP contribution in [0.3, 0.4) is 0 Å².